The zero-order valence-corrected chi connectivity index (χ0v) is 13.9. The predicted octanol–water partition coefficient (Wildman–Crippen LogP) is 1.20. The minimum absolute atomic E-state index is 0.756. The van der Waals surface area contributed by atoms with Crippen molar-refractivity contribution >= 4 is 5.96 Å². The van der Waals surface area contributed by atoms with E-state index in [0.29, 0.717) is 0 Å². The SMILES string of the molecule is CN(C)C1CCN(CCN=C(N)N2CCCCCC2)CC1. The first-order valence-electron chi connectivity index (χ1n) is 8.60. The highest BCUT2D eigenvalue weighted by Gasteiger charge is 2.20. The molecule has 0 unspecified atom stereocenters. The van der Waals surface area contributed by atoms with Gasteiger partial charge in [0.05, 0.1) is 6.54 Å². The number of guanidine groups is 1. The van der Waals surface area contributed by atoms with E-state index in [1.54, 1.807) is 0 Å². The highest BCUT2D eigenvalue weighted by atomic mass is 15.3. The van der Waals surface area contributed by atoms with Gasteiger partial charge in [-0.1, -0.05) is 12.8 Å². The second-order valence-electron chi connectivity index (χ2n) is 6.68. The molecule has 2 heterocycles. The first-order valence-corrected chi connectivity index (χ1v) is 8.60. The second kappa shape index (κ2) is 8.59. The van der Waals surface area contributed by atoms with E-state index in [0.717, 1.165) is 38.2 Å². The molecule has 2 aliphatic heterocycles. The fourth-order valence-corrected chi connectivity index (χ4v) is 3.37. The van der Waals surface area contributed by atoms with Crippen LogP contribution in [-0.2, 0) is 0 Å². The molecule has 2 rings (SSSR count). The minimum atomic E-state index is 0.756. The lowest BCUT2D eigenvalue weighted by molar-refractivity contribution is 0.148. The van der Waals surface area contributed by atoms with Crippen LogP contribution in [0.1, 0.15) is 38.5 Å². The van der Waals surface area contributed by atoms with Gasteiger partial charge in [0.15, 0.2) is 5.96 Å². The average Bonchev–Trinajstić information content (AvgIpc) is 2.77. The van der Waals surface area contributed by atoms with Crippen LogP contribution in [0.4, 0.5) is 0 Å². The van der Waals surface area contributed by atoms with Crippen LogP contribution in [0.2, 0.25) is 0 Å². The van der Waals surface area contributed by atoms with E-state index >= 15 is 0 Å². The Morgan fingerprint density at radius 2 is 1.67 bits per heavy atom. The molecule has 0 spiro atoms. The molecule has 5 nitrogen and oxygen atoms in total. The Balaban J connectivity index is 1.67. The summed E-state index contributed by atoms with van der Waals surface area (Å²) in [6.07, 6.45) is 7.74. The van der Waals surface area contributed by atoms with Crippen molar-refractivity contribution < 1.29 is 0 Å². The molecule has 2 aliphatic rings. The maximum atomic E-state index is 6.15. The van der Waals surface area contributed by atoms with Crippen LogP contribution in [0, 0.1) is 0 Å². The summed E-state index contributed by atoms with van der Waals surface area (Å²) in [6, 6.07) is 0.756. The van der Waals surface area contributed by atoms with Crippen LogP contribution < -0.4 is 5.73 Å². The molecule has 21 heavy (non-hydrogen) atoms. The molecule has 0 aliphatic carbocycles. The van der Waals surface area contributed by atoms with Gasteiger partial charge >= 0.3 is 0 Å². The standard InChI is InChI=1S/C16H33N5/c1-19(2)15-7-12-20(13-8-15)14-9-18-16(17)21-10-5-3-4-6-11-21/h15H,3-14H2,1-2H3,(H2,17,18). The van der Waals surface area contributed by atoms with Crippen LogP contribution >= 0.6 is 0 Å². The number of nitrogens with zero attached hydrogens (tertiary/aromatic N) is 4. The van der Waals surface area contributed by atoms with Crippen molar-refractivity contribution in [3.8, 4) is 0 Å². The van der Waals surface area contributed by atoms with E-state index in [1.807, 2.05) is 0 Å². The molecule has 0 radical (unpaired) electrons. The number of likely N-dealkylation sites (tertiary alicyclic amines) is 2. The number of hydrogen-bond donors (Lipinski definition) is 1. The van der Waals surface area contributed by atoms with E-state index in [1.165, 1.54) is 51.6 Å². The summed E-state index contributed by atoms with van der Waals surface area (Å²) in [7, 11) is 4.37. The van der Waals surface area contributed by atoms with E-state index < -0.39 is 0 Å². The largest absolute Gasteiger partial charge is 0.370 e. The Morgan fingerprint density at radius 3 is 2.24 bits per heavy atom. The van der Waals surface area contributed by atoms with Crippen LogP contribution in [0.5, 0.6) is 0 Å². The highest BCUT2D eigenvalue weighted by Crippen LogP contribution is 2.13. The maximum Gasteiger partial charge on any atom is 0.191 e. The molecule has 0 aromatic carbocycles. The van der Waals surface area contributed by atoms with Gasteiger partial charge in [-0.3, -0.25) is 4.99 Å². The van der Waals surface area contributed by atoms with E-state index in [-0.39, 0.29) is 0 Å². The van der Waals surface area contributed by atoms with Gasteiger partial charge in [0.1, 0.15) is 0 Å². The smallest absolute Gasteiger partial charge is 0.191 e. The lowest BCUT2D eigenvalue weighted by Crippen LogP contribution is -2.43. The first-order chi connectivity index (χ1) is 10.2. The topological polar surface area (TPSA) is 48.1 Å². The van der Waals surface area contributed by atoms with Crippen LogP contribution in [0.15, 0.2) is 4.99 Å². The molecule has 0 aromatic heterocycles. The number of nitrogens with two attached hydrogens (primary N) is 1. The normalized spacial score (nSPS) is 23.6. The molecule has 2 N–H and O–H groups in total. The quantitative estimate of drug-likeness (QED) is 0.625. The monoisotopic (exact) mass is 295 g/mol. The highest BCUT2D eigenvalue weighted by molar-refractivity contribution is 5.78. The van der Waals surface area contributed by atoms with Gasteiger partial charge in [0, 0.05) is 25.7 Å². The molecule has 0 atom stereocenters. The van der Waals surface area contributed by atoms with Crippen LogP contribution in [0.3, 0.4) is 0 Å². The molecular weight excluding hydrogens is 262 g/mol. The third-order valence-electron chi connectivity index (χ3n) is 4.91. The van der Waals surface area contributed by atoms with Crippen LogP contribution in [-0.4, -0.2) is 80.1 Å². The fourth-order valence-electron chi connectivity index (χ4n) is 3.37. The second-order valence-corrected chi connectivity index (χ2v) is 6.68. The van der Waals surface area contributed by atoms with Crippen molar-refractivity contribution in [3.05, 3.63) is 0 Å². The first kappa shape index (κ1) is 16.6. The molecule has 0 aromatic rings. The summed E-state index contributed by atoms with van der Waals surface area (Å²) in [6.45, 7) is 6.46. The number of piperidine rings is 1. The Kier molecular flexibility index (Phi) is 6.77. The number of rotatable bonds is 4. The number of aliphatic imine (C=N–C) groups is 1. The van der Waals surface area contributed by atoms with Crippen LogP contribution in [0.25, 0.3) is 0 Å². The molecule has 0 saturated carbocycles. The van der Waals surface area contributed by atoms with E-state index in [9.17, 15) is 0 Å². The van der Waals surface area contributed by atoms with Gasteiger partial charge in [-0.15, -0.1) is 0 Å². The molecule has 122 valence electrons. The van der Waals surface area contributed by atoms with Crippen molar-refractivity contribution in [2.75, 3.05) is 53.4 Å². The van der Waals surface area contributed by atoms with Gasteiger partial charge in [-0.2, -0.15) is 0 Å². The van der Waals surface area contributed by atoms with Crippen molar-refractivity contribution in [3.63, 3.8) is 0 Å². The molecule has 5 heteroatoms. The van der Waals surface area contributed by atoms with Crippen molar-refractivity contribution in [2.45, 2.75) is 44.6 Å². The summed E-state index contributed by atoms with van der Waals surface area (Å²) in [4.78, 5) is 11.8. The molecule has 0 bridgehead atoms. The zero-order chi connectivity index (χ0) is 15.1. The third-order valence-corrected chi connectivity index (χ3v) is 4.91. The van der Waals surface area contributed by atoms with Crippen molar-refractivity contribution in [2.24, 2.45) is 10.7 Å². The Hall–Kier alpha value is -0.810. The lowest BCUT2D eigenvalue weighted by Gasteiger charge is -2.34. The molecule has 0 amide bonds. The Labute approximate surface area is 130 Å². The van der Waals surface area contributed by atoms with Crippen molar-refractivity contribution in [1.82, 2.24) is 14.7 Å². The van der Waals surface area contributed by atoms with E-state index in [2.05, 4.69) is 33.8 Å². The van der Waals surface area contributed by atoms with Gasteiger partial charge in [0.2, 0.25) is 0 Å². The summed E-state index contributed by atoms with van der Waals surface area (Å²) in [5.74, 6) is 0.764. The van der Waals surface area contributed by atoms with Gasteiger partial charge < -0.3 is 20.4 Å². The fraction of sp³-hybridized carbons (Fsp3) is 0.938. The average molecular weight is 295 g/mol. The Bertz CT molecular complexity index is 313. The zero-order valence-electron chi connectivity index (χ0n) is 13.9. The molecular formula is C16H33N5. The number of hydrogen-bond acceptors (Lipinski definition) is 3. The van der Waals surface area contributed by atoms with Crippen molar-refractivity contribution in [1.29, 1.82) is 0 Å². The summed E-state index contributed by atoms with van der Waals surface area (Å²) < 4.78 is 0. The molecule has 2 fully saturated rings. The van der Waals surface area contributed by atoms with Gasteiger partial charge in [0.25, 0.3) is 0 Å². The van der Waals surface area contributed by atoms with Gasteiger partial charge in [-0.25, -0.2) is 0 Å². The summed E-state index contributed by atoms with van der Waals surface area (Å²) in [5, 5.41) is 0. The van der Waals surface area contributed by atoms with E-state index in [4.69, 9.17) is 5.73 Å². The molecule has 2 saturated heterocycles. The Morgan fingerprint density at radius 1 is 1.05 bits per heavy atom. The summed E-state index contributed by atoms with van der Waals surface area (Å²) >= 11 is 0. The van der Waals surface area contributed by atoms with Gasteiger partial charge in [-0.05, 0) is 52.9 Å². The lowest BCUT2D eigenvalue weighted by atomic mass is 10.0. The minimum Gasteiger partial charge on any atom is -0.370 e. The summed E-state index contributed by atoms with van der Waals surface area (Å²) in [5.41, 5.74) is 6.15. The predicted molar refractivity (Wildman–Crippen MR) is 89.7 cm³/mol. The maximum absolute atomic E-state index is 6.15. The third kappa shape index (κ3) is 5.47.